The van der Waals surface area contributed by atoms with Gasteiger partial charge in [-0.3, -0.25) is 4.90 Å². The molecule has 1 heterocycles. The van der Waals surface area contributed by atoms with Gasteiger partial charge in [0.2, 0.25) is 0 Å². The van der Waals surface area contributed by atoms with E-state index in [1.165, 1.54) is 0 Å². The predicted molar refractivity (Wildman–Crippen MR) is 54.7 cm³/mol. The Labute approximate surface area is 77.9 Å². The molecule has 1 fully saturated rings. The standard InChI is InChI=1S/C10H20BN/c1-9(2)6-8(11)7-10(3,4)12(9)5/h8H,6-7H2,1-5H3. The average molecular weight is 165 g/mol. The molecule has 0 unspecified atom stereocenters. The first-order chi connectivity index (χ1) is 5.26. The van der Waals surface area contributed by atoms with Gasteiger partial charge in [-0.15, -0.1) is 0 Å². The van der Waals surface area contributed by atoms with Crippen molar-refractivity contribution in [1.29, 1.82) is 0 Å². The number of nitrogens with zero attached hydrogens (tertiary/aromatic N) is 1. The van der Waals surface area contributed by atoms with Gasteiger partial charge in [0.25, 0.3) is 0 Å². The monoisotopic (exact) mass is 165 g/mol. The van der Waals surface area contributed by atoms with Gasteiger partial charge >= 0.3 is 0 Å². The molecule has 1 rings (SSSR count). The Kier molecular flexibility index (Phi) is 2.33. The van der Waals surface area contributed by atoms with Gasteiger partial charge in [0.1, 0.15) is 0 Å². The number of likely N-dealkylation sites (tertiary alicyclic amines) is 1. The molecule has 0 saturated carbocycles. The maximum Gasteiger partial charge on any atom is 0.0701 e. The van der Waals surface area contributed by atoms with Gasteiger partial charge in [0.15, 0.2) is 0 Å². The molecule has 12 heavy (non-hydrogen) atoms. The van der Waals surface area contributed by atoms with Crippen LogP contribution in [0.5, 0.6) is 0 Å². The molecule has 0 aromatic heterocycles. The van der Waals surface area contributed by atoms with Crippen LogP contribution < -0.4 is 0 Å². The molecule has 0 spiro atoms. The molecule has 1 aliphatic heterocycles. The third-order valence-electron chi connectivity index (χ3n) is 3.34. The van der Waals surface area contributed by atoms with E-state index in [9.17, 15) is 0 Å². The Balaban J connectivity index is 2.84. The molecule has 0 aliphatic carbocycles. The fourth-order valence-electron chi connectivity index (χ4n) is 2.45. The highest BCUT2D eigenvalue weighted by atomic mass is 15.2. The maximum absolute atomic E-state index is 6.02. The van der Waals surface area contributed by atoms with Gasteiger partial charge < -0.3 is 0 Å². The van der Waals surface area contributed by atoms with Crippen molar-refractivity contribution >= 4 is 7.85 Å². The Hall–Kier alpha value is 0.0249. The molecule has 2 heteroatoms. The third-order valence-corrected chi connectivity index (χ3v) is 3.34. The van der Waals surface area contributed by atoms with Crippen molar-refractivity contribution in [3.8, 4) is 0 Å². The van der Waals surface area contributed by atoms with Crippen molar-refractivity contribution in [1.82, 2.24) is 4.90 Å². The van der Waals surface area contributed by atoms with E-state index >= 15 is 0 Å². The average Bonchev–Trinajstić information content (AvgIpc) is 1.80. The van der Waals surface area contributed by atoms with Crippen molar-refractivity contribution in [2.45, 2.75) is 57.4 Å². The second kappa shape index (κ2) is 2.76. The minimum atomic E-state index is 0.251. The molecule has 0 atom stereocenters. The van der Waals surface area contributed by atoms with Crippen LogP contribution in [-0.4, -0.2) is 30.9 Å². The van der Waals surface area contributed by atoms with Crippen molar-refractivity contribution in [3.05, 3.63) is 0 Å². The highest BCUT2D eigenvalue weighted by Gasteiger charge is 2.40. The van der Waals surface area contributed by atoms with E-state index in [2.05, 4.69) is 39.6 Å². The summed E-state index contributed by atoms with van der Waals surface area (Å²) in [5, 5.41) is 0. The Bertz CT molecular complexity index is 157. The van der Waals surface area contributed by atoms with Gasteiger partial charge in [0, 0.05) is 11.1 Å². The van der Waals surface area contributed by atoms with E-state index in [4.69, 9.17) is 7.85 Å². The number of rotatable bonds is 0. The lowest BCUT2D eigenvalue weighted by molar-refractivity contribution is -0.00132. The lowest BCUT2D eigenvalue weighted by Gasteiger charge is -2.53. The quantitative estimate of drug-likeness (QED) is 0.497. The zero-order valence-corrected chi connectivity index (χ0v) is 9.02. The fourth-order valence-corrected chi connectivity index (χ4v) is 2.45. The largest absolute Gasteiger partial charge is 0.296 e. The van der Waals surface area contributed by atoms with Crippen LogP contribution >= 0.6 is 0 Å². The van der Waals surface area contributed by atoms with Crippen LogP contribution in [0.2, 0.25) is 5.82 Å². The van der Waals surface area contributed by atoms with Gasteiger partial charge in [-0.25, -0.2) is 0 Å². The molecule has 0 aromatic rings. The van der Waals surface area contributed by atoms with Crippen LogP contribution in [0.25, 0.3) is 0 Å². The van der Waals surface area contributed by atoms with E-state index in [-0.39, 0.29) is 11.1 Å². The molecule has 0 aromatic carbocycles. The highest BCUT2D eigenvalue weighted by Crippen LogP contribution is 2.41. The first kappa shape index (κ1) is 10.1. The molecule has 1 nitrogen and oxygen atoms in total. The highest BCUT2D eigenvalue weighted by molar-refractivity contribution is 6.11. The second-order valence-electron chi connectivity index (χ2n) is 5.35. The zero-order chi connectivity index (χ0) is 9.57. The smallest absolute Gasteiger partial charge is 0.0701 e. The van der Waals surface area contributed by atoms with Gasteiger partial charge in [-0.1, -0.05) is 5.82 Å². The fraction of sp³-hybridized carbons (Fsp3) is 1.00. The molecule has 2 radical (unpaired) electrons. The molecular formula is C10H20BN. The summed E-state index contributed by atoms with van der Waals surface area (Å²) in [5.41, 5.74) is 0.502. The summed E-state index contributed by atoms with van der Waals surface area (Å²) in [6.45, 7) is 9.09. The first-order valence-corrected chi connectivity index (χ1v) is 4.75. The van der Waals surface area contributed by atoms with Gasteiger partial charge in [-0.05, 0) is 47.6 Å². The van der Waals surface area contributed by atoms with Crippen LogP contribution in [-0.2, 0) is 0 Å². The summed E-state index contributed by atoms with van der Waals surface area (Å²) in [5.74, 6) is 0.367. The Morgan fingerprint density at radius 3 is 1.75 bits per heavy atom. The van der Waals surface area contributed by atoms with E-state index < -0.39 is 0 Å². The SMILES string of the molecule is [B]C1CC(C)(C)N(C)C(C)(C)C1. The van der Waals surface area contributed by atoms with E-state index in [0.717, 1.165) is 12.8 Å². The topological polar surface area (TPSA) is 3.24 Å². The minimum absolute atomic E-state index is 0.251. The molecule has 0 amide bonds. The molecule has 0 bridgehead atoms. The lowest BCUT2D eigenvalue weighted by Crippen LogP contribution is -2.57. The van der Waals surface area contributed by atoms with Crippen molar-refractivity contribution < 1.29 is 0 Å². The molecule has 0 N–H and O–H groups in total. The van der Waals surface area contributed by atoms with Gasteiger partial charge in [0.05, 0.1) is 7.85 Å². The lowest BCUT2D eigenvalue weighted by atomic mass is 9.66. The predicted octanol–water partition coefficient (Wildman–Crippen LogP) is 2.23. The van der Waals surface area contributed by atoms with Crippen molar-refractivity contribution in [2.24, 2.45) is 0 Å². The van der Waals surface area contributed by atoms with Crippen molar-refractivity contribution in [3.63, 3.8) is 0 Å². The Morgan fingerprint density at radius 2 is 1.42 bits per heavy atom. The Morgan fingerprint density at radius 1 is 1.08 bits per heavy atom. The van der Waals surface area contributed by atoms with Crippen LogP contribution in [0.1, 0.15) is 40.5 Å². The molecule has 1 aliphatic rings. The van der Waals surface area contributed by atoms with Crippen LogP contribution in [0.15, 0.2) is 0 Å². The first-order valence-electron chi connectivity index (χ1n) is 4.75. The van der Waals surface area contributed by atoms with Crippen LogP contribution in [0.3, 0.4) is 0 Å². The number of piperidine rings is 1. The summed E-state index contributed by atoms with van der Waals surface area (Å²) in [6.07, 6.45) is 2.21. The number of hydrogen-bond donors (Lipinski definition) is 0. The maximum atomic E-state index is 6.02. The van der Waals surface area contributed by atoms with Crippen LogP contribution in [0.4, 0.5) is 0 Å². The second-order valence-corrected chi connectivity index (χ2v) is 5.35. The summed E-state index contributed by atoms with van der Waals surface area (Å²) in [4.78, 5) is 2.45. The normalized spacial score (nSPS) is 30.4. The molecular weight excluding hydrogens is 145 g/mol. The zero-order valence-electron chi connectivity index (χ0n) is 9.02. The van der Waals surface area contributed by atoms with Gasteiger partial charge in [-0.2, -0.15) is 0 Å². The summed E-state index contributed by atoms with van der Waals surface area (Å²) < 4.78 is 0. The van der Waals surface area contributed by atoms with E-state index in [0.29, 0.717) is 5.82 Å². The van der Waals surface area contributed by atoms with E-state index in [1.807, 2.05) is 0 Å². The number of hydrogen-bond acceptors (Lipinski definition) is 1. The molecule has 68 valence electrons. The van der Waals surface area contributed by atoms with Crippen molar-refractivity contribution in [2.75, 3.05) is 7.05 Å². The van der Waals surface area contributed by atoms with Crippen LogP contribution in [0, 0.1) is 0 Å². The summed E-state index contributed by atoms with van der Waals surface area (Å²) >= 11 is 0. The minimum Gasteiger partial charge on any atom is -0.296 e. The third kappa shape index (κ3) is 1.68. The molecule has 1 saturated heterocycles. The summed E-state index contributed by atoms with van der Waals surface area (Å²) in [6, 6.07) is 0. The van der Waals surface area contributed by atoms with E-state index in [1.54, 1.807) is 0 Å². The summed E-state index contributed by atoms with van der Waals surface area (Å²) in [7, 11) is 8.22.